The van der Waals surface area contributed by atoms with Gasteiger partial charge in [-0.3, -0.25) is 9.59 Å². The summed E-state index contributed by atoms with van der Waals surface area (Å²) in [7, 11) is 0. The monoisotopic (exact) mass is 386 g/mol. The molecule has 122 valence electrons. The zero-order chi connectivity index (χ0) is 16.9. The number of amides is 1. The van der Waals surface area contributed by atoms with E-state index in [-0.39, 0.29) is 11.5 Å². The molecule has 0 saturated carbocycles. The Morgan fingerprint density at radius 3 is 2.83 bits per heavy atom. The fourth-order valence-corrected chi connectivity index (χ4v) is 2.75. The number of hydrogen-bond acceptors (Lipinski definition) is 4. The first-order valence-corrected chi connectivity index (χ1v) is 8.31. The lowest BCUT2D eigenvalue weighted by molar-refractivity contribution is -0.116. The van der Waals surface area contributed by atoms with Crippen LogP contribution in [-0.2, 0) is 11.3 Å². The first-order chi connectivity index (χ1) is 11.6. The summed E-state index contributed by atoms with van der Waals surface area (Å²) < 4.78 is 2.20. The molecule has 0 unspecified atom stereocenters. The Labute approximate surface area is 146 Å². The van der Waals surface area contributed by atoms with Crippen LogP contribution in [0.1, 0.15) is 12.8 Å². The van der Waals surface area contributed by atoms with Crippen LogP contribution in [-0.4, -0.2) is 20.9 Å². The van der Waals surface area contributed by atoms with Crippen molar-refractivity contribution in [1.29, 1.82) is 0 Å². The van der Waals surface area contributed by atoms with E-state index in [9.17, 15) is 9.59 Å². The number of halogens is 1. The van der Waals surface area contributed by atoms with Crippen LogP contribution in [0.25, 0.3) is 10.9 Å². The van der Waals surface area contributed by atoms with Crippen LogP contribution >= 0.6 is 15.9 Å². The number of carbonyl (C=O) groups excluding carboxylic acids is 1. The smallest absolute Gasteiger partial charge is 0.277 e. The first kappa shape index (κ1) is 16.3. The summed E-state index contributed by atoms with van der Waals surface area (Å²) in [5.74, 6) is -0.102. The second-order valence-corrected chi connectivity index (χ2v) is 6.21. The van der Waals surface area contributed by atoms with Crippen LogP contribution in [0.15, 0.2) is 57.8 Å². The molecule has 0 saturated heterocycles. The van der Waals surface area contributed by atoms with Gasteiger partial charge in [-0.2, -0.15) is 0 Å². The van der Waals surface area contributed by atoms with E-state index in [0.717, 1.165) is 10.2 Å². The van der Waals surface area contributed by atoms with Crippen molar-refractivity contribution in [2.45, 2.75) is 19.4 Å². The Kier molecular flexibility index (Phi) is 5.00. The summed E-state index contributed by atoms with van der Waals surface area (Å²) >= 11 is 3.36. The molecule has 3 rings (SSSR count). The van der Waals surface area contributed by atoms with Gasteiger partial charge in [0.25, 0.3) is 5.56 Å². The van der Waals surface area contributed by atoms with Gasteiger partial charge in [0.05, 0.1) is 5.39 Å². The highest BCUT2D eigenvalue weighted by atomic mass is 79.9. The number of aromatic nitrogens is 3. The fraction of sp³-hybridized carbons (Fsp3) is 0.176. The molecule has 0 bridgehead atoms. The molecule has 0 atom stereocenters. The SMILES string of the molecule is O=C(CCCn1nnc2ccccc2c1=O)Nc1cccc(Br)c1. The zero-order valence-corrected chi connectivity index (χ0v) is 14.4. The van der Waals surface area contributed by atoms with Crippen LogP contribution < -0.4 is 10.9 Å². The van der Waals surface area contributed by atoms with Crippen molar-refractivity contribution in [2.75, 3.05) is 5.32 Å². The molecule has 0 aliphatic rings. The Morgan fingerprint density at radius 1 is 1.17 bits per heavy atom. The molecular weight excluding hydrogens is 372 g/mol. The van der Waals surface area contributed by atoms with E-state index >= 15 is 0 Å². The summed E-state index contributed by atoms with van der Waals surface area (Å²) in [6, 6.07) is 14.5. The van der Waals surface area contributed by atoms with Crippen molar-refractivity contribution in [2.24, 2.45) is 0 Å². The maximum Gasteiger partial charge on any atom is 0.277 e. The quantitative estimate of drug-likeness (QED) is 0.730. The van der Waals surface area contributed by atoms with E-state index in [1.807, 2.05) is 30.3 Å². The van der Waals surface area contributed by atoms with E-state index in [2.05, 4.69) is 31.6 Å². The highest BCUT2D eigenvalue weighted by molar-refractivity contribution is 9.10. The van der Waals surface area contributed by atoms with Gasteiger partial charge in [-0.05, 0) is 36.8 Å². The molecule has 0 aliphatic carbocycles. The minimum atomic E-state index is -0.187. The Bertz CT molecular complexity index is 939. The number of anilines is 1. The van der Waals surface area contributed by atoms with Crippen LogP contribution in [0.5, 0.6) is 0 Å². The summed E-state index contributed by atoms with van der Waals surface area (Å²) in [5, 5.41) is 11.3. The van der Waals surface area contributed by atoms with Gasteiger partial charge in [-0.1, -0.05) is 39.3 Å². The van der Waals surface area contributed by atoms with Crippen LogP contribution in [0.3, 0.4) is 0 Å². The van der Waals surface area contributed by atoms with Crippen molar-refractivity contribution in [3.8, 4) is 0 Å². The molecule has 24 heavy (non-hydrogen) atoms. The van der Waals surface area contributed by atoms with Gasteiger partial charge >= 0.3 is 0 Å². The second-order valence-electron chi connectivity index (χ2n) is 5.30. The molecule has 1 aromatic heterocycles. The minimum absolute atomic E-state index is 0.102. The van der Waals surface area contributed by atoms with Gasteiger partial charge in [0.15, 0.2) is 0 Å². The molecule has 0 aliphatic heterocycles. The maximum absolute atomic E-state index is 12.3. The predicted octanol–water partition coefficient (Wildman–Crippen LogP) is 2.97. The Morgan fingerprint density at radius 2 is 2.00 bits per heavy atom. The number of nitrogens with one attached hydrogen (secondary N) is 1. The van der Waals surface area contributed by atoms with Gasteiger partial charge in [0, 0.05) is 23.1 Å². The number of aryl methyl sites for hydroxylation is 1. The largest absolute Gasteiger partial charge is 0.326 e. The van der Waals surface area contributed by atoms with Gasteiger partial charge in [0.2, 0.25) is 5.91 Å². The second kappa shape index (κ2) is 7.35. The van der Waals surface area contributed by atoms with Crippen molar-refractivity contribution in [3.63, 3.8) is 0 Å². The van der Waals surface area contributed by atoms with Gasteiger partial charge < -0.3 is 5.32 Å². The zero-order valence-electron chi connectivity index (χ0n) is 12.8. The van der Waals surface area contributed by atoms with Crippen LogP contribution in [0, 0.1) is 0 Å². The number of rotatable bonds is 5. The molecule has 2 aromatic carbocycles. The standard InChI is InChI=1S/C17H15BrN4O2/c18-12-5-3-6-13(11-12)19-16(23)9-4-10-22-17(24)14-7-1-2-8-15(14)20-21-22/h1-3,5-8,11H,4,9-10H2,(H,19,23). The molecule has 6 nitrogen and oxygen atoms in total. The summed E-state index contributed by atoms with van der Waals surface area (Å²) in [6.07, 6.45) is 0.806. The lowest BCUT2D eigenvalue weighted by Crippen LogP contribution is -2.25. The summed E-state index contributed by atoms with van der Waals surface area (Å²) in [4.78, 5) is 24.2. The number of hydrogen-bond donors (Lipinski definition) is 1. The topological polar surface area (TPSA) is 76.9 Å². The molecular formula is C17H15BrN4O2. The molecule has 0 radical (unpaired) electrons. The molecule has 1 N–H and O–H groups in total. The van der Waals surface area contributed by atoms with Gasteiger partial charge in [-0.25, -0.2) is 4.68 Å². The molecule has 1 heterocycles. The first-order valence-electron chi connectivity index (χ1n) is 7.51. The Hall–Kier alpha value is -2.54. The molecule has 3 aromatic rings. The normalized spacial score (nSPS) is 10.7. The average Bonchev–Trinajstić information content (AvgIpc) is 2.57. The Balaban J connectivity index is 1.59. The molecule has 1 amide bonds. The third-order valence-electron chi connectivity index (χ3n) is 3.51. The molecule has 7 heteroatoms. The van der Waals surface area contributed by atoms with Crippen molar-refractivity contribution >= 4 is 38.4 Å². The van der Waals surface area contributed by atoms with Crippen molar-refractivity contribution in [1.82, 2.24) is 15.0 Å². The van der Waals surface area contributed by atoms with E-state index in [4.69, 9.17) is 0 Å². The predicted molar refractivity (Wildman–Crippen MR) is 95.8 cm³/mol. The van der Waals surface area contributed by atoms with Crippen molar-refractivity contribution < 1.29 is 4.79 Å². The number of carbonyl (C=O) groups is 1. The van der Waals surface area contributed by atoms with E-state index < -0.39 is 0 Å². The highest BCUT2D eigenvalue weighted by Gasteiger charge is 2.07. The fourth-order valence-electron chi connectivity index (χ4n) is 2.35. The average molecular weight is 387 g/mol. The van der Waals surface area contributed by atoms with Gasteiger partial charge in [-0.15, -0.1) is 5.10 Å². The van der Waals surface area contributed by atoms with Gasteiger partial charge in [0.1, 0.15) is 5.52 Å². The number of fused-ring (bicyclic) bond motifs is 1. The van der Waals surface area contributed by atoms with Crippen molar-refractivity contribution in [3.05, 3.63) is 63.4 Å². The van der Waals surface area contributed by atoms with E-state index in [1.54, 1.807) is 18.2 Å². The maximum atomic E-state index is 12.3. The third kappa shape index (κ3) is 3.86. The minimum Gasteiger partial charge on any atom is -0.326 e. The lowest BCUT2D eigenvalue weighted by atomic mass is 10.2. The van der Waals surface area contributed by atoms with E-state index in [1.165, 1.54) is 4.68 Å². The number of benzene rings is 2. The summed E-state index contributed by atoms with van der Waals surface area (Å²) in [5.41, 5.74) is 1.12. The summed E-state index contributed by atoms with van der Waals surface area (Å²) in [6.45, 7) is 0.350. The van der Waals surface area contributed by atoms with Crippen LogP contribution in [0.2, 0.25) is 0 Å². The molecule has 0 fully saturated rings. The lowest BCUT2D eigenvalue weighted by Gasteiger charge is -2.06. The highest BCUT2D eigenvalue weighted by Crippen LogP contribution is 2.15. The molecule has 0 spiro atoms. The van der Waals surface area contributed by atoms with Crippen LogP contribution in [0.4, 0.5) is 5.69 Å². The number of nitrogens with zero attached hydrogens (tertiary/aromatic N) is 3. The third-order valence-corrected chi connectivity index (χ3v) is 4.00. The van der Waals surface area contributed by atoms with E-state index in [0.29, 0.717) is 30.3 Å².